The first-order valence-corrected chi connectivity index (χ1v) is 7.74. The molecular weight excluding hydrogens is 287 g/mol. The SMILES string of the molecule is CCCCC(OC(C)=O)C1CCC2C(=O)C(Cl)(Cl)C21. The molecule has 4 atom stereocenters. The van der Waals surface area contributed by atoms with E-state index < -0.39 is 4.33 Å². The molecule has 2 saturated carbocycles. The maximum atomic E-state index is 11.8. The van der Waals surface area contributed by atoms with Crippen LogP contribution >= 0.6 is 23.2 Å². The lowest BCUT2D eigenvalue weighted by molar-refractivity contribution is -0.152. The molecule has 0 N–H and O–H groups in total. The molecule has 2 aliphatic carbocycles. The summed E-state index contributed by atoms with van der Waals surface area (Å²) in [6.07, 6.45) is 4.39. The van der Waals surface area contributed by atoms with Crippen LogP contribution in [0.5, 0.6) is 0 Å². The minimum absolute atomic E-state index is 0.0281. The van der Waals surface area contributed by atoms with Crippen LogP contribution in [0.25, 0.3) is 0 Å². The minimum Gasteiger partial charge on any atom is -0.462 e. The highest BCUT2D eigenvalue weighted by Gasteiger charge is 2.66. The average Bonchev–Trinajstić information content (AvgIpc) is 2.76. The molecule has 4 unspecified atom stereocenters. The van der Waals surface area contributed by atoms with Crippen molar-refractivity contribution in [3.63, 3.8) is 0 Å². The number of hydrogen-bond acceptors (Lipinski definition) is 3. The Morgan fingerprint density at radius 2 is 2.16 bits per heavy atom. The van der Waals surface area contributed by atoms with Crippen molar-refractivity contribution in [3.05, 3.63) is 0 Å². The number of hydrogen-bond donors (Lipinski definition) is 0. The quantitative estimate of drug-likeness (QED) is 0.576. The minimum atomic E-state index is -1.27. The lowest BCUT2D eigenvalue weighted by Crippen LogP contribution is -2.57. The molecule has 0 radical (unpaired) electrons. The molecule has 2 fully saturated rings. The molecule has 5 heteroatoms. The van der Waals surface area contributed by atoms with E-state index in [1.807, 2.05) is 0 Å². The molecule has 0 aromatic carbocycles. The molecular formula is C14H20Cl2O3. The monoisotopic (exact) mass is 306 g/mol. The number of carbonyl (C=O) groups is 2. The van der Waals surface area contributed by atoms with Gasteiger partial charge in [-0.1, -0.05) is 43.0 Å². The van der Waals surface area contributed by atoms with Crippen molar-refractivity contribution in [3.8, 4) is 0 Å². The number of esters is 1. The molecule has 0 spiro atoms. The van der Waals surface area contributed by atoms with E-state index >= 15 is 0 Å². The normalized spacial score (nSPS) is 33.5. The Labute approximate surface area is 124 Å². The molecule has 2 rings (SSSR count). The fourth-order valence-corrected chi connectivity index (χ4v) is 4.46. The maximum Gasteiger partial charge on any atom is 0.302 e. The topological polar surface area (TPSA) is 43.4 Å². The summed E-state index contributed by atoms with van der Waals surface area (Å²) in [4.78, 5) is 23.0. The Morgan fingerprint density at radius 1 is 1.47 bits per heavy atom. The summed E-state index contributed by atoms with van der Waals surface area (Å²) in [6.45, 7) is 3.52. The number of ketones is 1. The number of halogens is 2. The van der Waals surface area contributed by atoms with Gasteiger partial charge in [0.1, 0.15) is 6.10 Å². The molecule has 3 nitrogen and oxygen atoms in total. The fraction of sp³-hybridized carbons (Fsp3) is 0.857. The molecule has 2 aliphatic rings. The zero-order chi connectivity index (χ0) is 14.2. The Bertz CT molecular complexity index is 381. The van der Waals surface area contributed by atoms with Crippen LogP contribution in [0.1, 0.15) is 46.0 Å². The summed E-state index contributed by atoms with van der Waals surface area (Å²) in [5.41, 5.74) is 0. The predicted octanol–water partition coefficient (Wildman–Crippen LogP) is 3.51. The van der Waals surface area contributed by atoms with Crippen molar-refractivity contribution in [1.82, 2.24) is 0 Å². The Balaban J connectivity index is 2.09. The first-order valence-electron chi connectivity index (χ1n) is 6.99. The van der Waals surface area contributed by atoms with Crippen LogP contribution in [0.15, 0.2) is 0 Å². The summed E-state index contributed by atoms with van der Waals surface area (Å²) >= 11 is 12.3. The van der Waals surface area contributed by atoms with Crippen molar-refractivity contribution < 1.29 is 14.3 Å². The fourth-order valence-electron chi connectivity index (χ4n) is 3.56. The Kier molecular flexibility index (Phi) is 4.46. The van der Waals surface area contributed by atoms with E-state index in [9.17, 15) is 9.59 Å². The van der Waals surface area contributed by atoms with Crippen molar-refractivity contribution in [1.29, 1.82) is 0 Å². The second-order valence-corrected chi connectivity index (χ2v) is 7.04. The number of ether oxygens (including phenoxy) is 1. The molecule has 0 aromatic rings. The van der Waals surface area contributed by atoms with Gasteiger partial charge >= 0.3 is 5.97 Å². The van der Waals surface area contributed by atoms with Gasteiger partial charge < -0.3 is 4.74 Å². The largest absolute Gasteiger partial charge is 0.462 e. The molecule has 19 heavy (non-hydrogen) atoms. The van der Waals surface area contributed by atoms with E-state index in [1.54, 1.807) is 0 Å². The van der Waals surface area contributed by atoms with Crippen molar-refractivity contribution in [2.75, 3.05) is 0 Å². The highest BCUT2D eigenvalue weighted by molar-refractivity contribution is 6.60. The summed E-state index contributed by atoms with van der Waals surface area (Å²) < 4.78 is 4.18. The smallest absolute Gasteiger partial charge is 0.302 e. The third kappa shape index (κ3) is 2.64. The van der Waals surface area contributed by atoms with Crippen LogP contribution < -0.4 is 0 Å². The van der Waals surface area contributed by atoms with Crippen LogP contribution in [-0.4, -0.2) is 22.2 Å². The lowest BCUT2D eigenvalue weighted by Gasteiger charge is -2.45. The highest BCUT2D eigenvalue weighted by Crippen LogP contribution is 2.60. The number of rotatable bonds is 5. The highest BCUT2D eigenvalue weighted by atomic mass is 35.5. The summed E-state index contributed by atoms with van der Waals surface area (Å²) in [6, 6.07) is 0. The van der Waals surface area contributed by atoms with Crippen LogP contribution in [0, 0.1) is 17.8 Å². The van der Waals surface area contributed by atoms with E-state index in [1.165, 1.54) is 6.92 Å². The Morgan fingerprint density at radius 3 is 2.74 bits per heavy atom. The molecule has 0 amide bonds. The van der Waals surface area contributed by atoms with Gasteiger partial charge in [0.15, 0.2) is 10.1 Å². The second kappa shape index (κ2) is 5.61. The second-order valence-electron chi connectivity index (χ2n) is 5.65. The number of unbranched alkanes of at least 4 members (excludes halogenated alkanes) is 1. The van der Waals surface area contributed by atoms with Gasteiger partial charge in [-0.25, -0.2) is 0 Å². The molecule has 0 saturated heterocycles. The van der Waals surface area contributed by atoms with Crippen molar-refractivity contribution >= 4 is 35.0 Å². The van der Waals surface area contributed by atoms with Gasteiger partial charge in [-0.05, 0) is 19.3 Å². The zero-order valence-electron chi connectivity index (χ0n) is 11.3. The first kappa shape index (κ1) is 15.1. The lowest BCUT2D eigenvalue weighted by atomic mass is 9.68. The van der Waals surface area contributed by atoms with E-state index in [0.717, 1.165) is 32.1 Å². The standard InChI is InChI=1S/C14H20Cl2O3/c1-3-4-5-11(19-8(2)17)9-6-7-10-12(9)14(15,16)13(10)18/h9-12H,3-7H2,1-2H3. The van der Waals surface area contributed by atoms with Gasteiger partial charge in [0.05, 0.1) is 0 Å². The molecule has 0 heterocycles. The summed E-state index contributed by atoms with van der Waals surface area (Å²) in [5, 5.41) is 0. The van der Waals surface area contributed by atoms with Crippen molar-refractivity contribution in [2.45, 2.75) is 56.4 Å². The van der Waals surface area contributed by atoms with Gasteiger partial charge in [0.2, 0.25) is 0 Å². The molecule has 0 bridgehead atoms. The van der Waals surface area contributed by atoms with Gasteiger partial charge in [-0.15, -0.1) is 0 Å². The van der Waals surface area contributed by atoms with E-state index in [2.05, 4.69) is 6.92 Å². The predicted molar refractivity (Wildman–Crippen MR) is 74.2 cm³/mol. The van der Waals surface area contributed by atoms with Gasteiger partial charge in [0.25, 0.3) is 0 Å². The summed E-state index contributed by atoms with van der Waals surface area (Å²) in [7, 11) is 0. The molecule has 108 valence electrons. The van der Waals surface area contributed by atoms with Gasteiger partial charge in [0, 0.05) is 24.7 Å². The van der Waals surface area contributed by atoms with Crippen LogP contribution in [0.3, 0.4) is 0 Å². The first-order chi connectivity index (χ1) is 8.89. The third-order valence-corrected chi connectivity index (χ3v) is 5.30. The maximum absolute atomic E-state index is 11.8. The van der Waals surface area contributed by atoms with Crippen LogP contribution in [0.2, 0.25) is 0 Å². The van der Waals surface area contributed by atoms with E-state index in [4.69, 9.17) is 27.9 Å². The van der Waals surface area contributed by atoms with Crippen LogP contribution in [-0.2, 0) is 14.3 Å². The van der Waals surface area contributed by atoms with Gasteiger partial charge in [-0.2, -0.15) is 0 Å². The number of Topliss-reactive ketones (excluding diaryl/α,β-unsaturated/α-hetero) is 1. The molecule has 0 aliphatic heterocycles. The van der Waals surface area contributed by atoms with E-state index in [-0.39, 0.29) is 35.6 Å². The zero-order valence-corrected chi connectivity index (χ0v) is 12.8. The number of alkyl halides is 2. The third-order valence-electron chi connectivity index (χ3n) is 4.43. The number of fused-ring (bicyclic) bond motifs is 1. The summed E-state index contributed by atoms with van der Waals surface area (Å²) in [5.74, 6) is -0.289. The molecule has 0 aromatic heterocycles. The van der Waals surface area contributed by atoms with Crippen LogP contribution in [0.4, 0.5) is 0 Å². The van der Waals surface area contributed by atoms with Gasteiger partial charge in [-0.3, -0.25) is 9.59 Å². The van der Waals surface area contributed by atoms with E-state index in [0.29, 0.717) is 0 Å². The Hall–Kier alpha value is -0.280. The number of carbonyl (C=O) groups excluding carboxylic acids is 2. The van der Waals surface area contributed by atoms with Crippen molar-refractivity contribution in [2.24, 2.45) is 17.8 Å². The average molecular weight is 307 g/mol.